The molecular formula is C19H20N2O5S2. The summed E-state index contributed by atoms with van der Waals surface area (Å²) < 4.78 is 37.1. The van der Waals surface area contributed by atoms with Gasteiger partial charge in [0.05, 0.1) is 35.1 Å². The summed E-state index contributed by atoms with van der Waals surface area (Å²) in [6, 6.07) is 9.50. The number of sulfone groups is 1. The van der Waals surface area contributed by atoms with Gasteiger partial charge in [0, 0.05) is 24.7 Å². The molecule has 0 aliphatic rings. The normalized spacial score (nSPS) is 12.4. The number of methoxy groups -OCH3 is 2. The predicted octanol–water partition coefficient (Wildman–Crippen LogP) is 2.79. The van der Waals surface area contributed by atoms with Crippen LogP contribution in [-0.4, -0.2) is 38.9 Å². The number of amides is 1. The van der Waals surface area contributed by atoms with Crippen LogP contribution in [0.25, 0.3) is 10.2 Å². The molecule has 0 bridgehead atoms. The second kappa shape index (κ2) is 7.76. The van der Waals surface area contributed by atoms with Crippen molar-refractivity contribution in [3.63, 3.8) is 0 Å². The summed E-state index contributed by atoms with van der Waals surface area (Å²) in [6.07, 6.45) is 0. The zero-order valence-electron chi connectivity index (χ0n) is 15.9. The lowest BCUT2D eigenvalue weighted by atomic mass is 10.2. The van der Waals surface area contributed by atoms with Gasteiger partial charge in [-0.2, -0.15) is 4.99 Å². The zero-order chi connectivity index (χ0) is 20.5. The van der Waals surface area contributed by atoms with Crippen LogP contribution in [0.5, 0.6) is 11.5 Å². The molecule has 3 rings (SSSR count). The van der Waals surface area contributed by atoms with Gasteiger partial charge in [-0.3, -0.25) is 4.79 Å². The van der Waals surface area contributed by atoms with E-state index in [0.29, 0.717) is 21.9 Å². The van der Waals surface area contributed by atoms with Crippen LogP contribution in [0.4, 0.5) is 0 Å². The summed E-state index contributed by atoms with van der Waals surface area (Å²) in [6.45, 7) is 1.58. The topological polar surface area (TPSA) is 87.0 Å². The molecular weight excluding hydrogens is 400 g/mol. The number of benzene rings is 2. The second-order valence-electron chi connectivity index (χ2n) is 5.96. The Morgan fingerprint density at radius 2 is 1.71 bits per heavy atom. The van der Waals surface area contributed by atoms with Crippen molar-refractivity contribution in [1.82, 2.24) is 4.57 Å². The Morgan fingerprint density at radius 1 is 1.11 bits per heavy atom. The highest BCUT2D eigenvalue weighted by Crippen LogP contribution is 2.33. The van der Waals surface area contributed by atoms with E-state index < -0.39 is 15.7 Å². The van der Waals surface area contributed by atoms with Gasteiger partial charge in [0.25, 0.3) is 5.91 Å². The summed E-state index contributed by atoms with van der Waals surface area (Å²) in [5.74, 6) is 0.757. The van der Waals surface area contributed by atoms with Gasteiger partial charge in [0.1, 0.15) is 0 Å². The van der Waals surface area contributed by atoms with Crippen LogP contribution in [0, 0.1) is 0 Å². The molecule has 0 radical (unpaired) electrons. The van der Waals surface area contributed by atoms with Gasteiger partial charge < -0.3 is 14.0 Å². The number of aromatic nitrogens is 1. The molecule has 3 aromatic rings. The van der Waals surface area contributed by atoms with Gasteiger partial charge >= 0.3 is 0 Å². The number of aryl methyl sites for hydroxylation is 1. The first kappa shape index (κ1) is 20.1. The number of hydrogen-bond acceptors (Lipinski definition) is 6. The summed E-state index contributed by atoms with van der Waals surface area (Å²) in [4.78, 5) is 17.5. The molecule has 0 saturated carbocycles. The molecule has 2 aromatic carbocycles. The second-order valence-corrected chi connectivity index (χ2v) is 9.25. The van der Waals surface area contributed by atoms with E-state index in [1.54, 1.807) is 25.7 Å². The van der Waals surface area contributed by atoms with Crippen molar-refractivity contribution in [1.29, 1.82) is 0 Å². The van der Waals surface area contributed by atoms with Crippen molar-refractivity contribution in [2.45, 2.75) is 11.8 Å². The van der Waals surface area contributed by atoms with Crippen molar-refractivity contribution >= 4 is 37.3 Å². The molecule has 1 amide bonds. The largest absolute Gasteiger partial charge is 0.493 e. The number of nitrogens with zero attached hydrogens (tertiary/aromatic N) is 2. The van der Waals surface area contributed by atoms with E-state index in [0.717, 1.165) is 10.2 Å². The van der Waals surface area contributed by atoms with Crippen LogP contribution in [0.2, 0.25) is 0 Å². The Kier molecular flexibility index (Phi) is 5.57. The molecule has 0 spiro atoms. The third-order valence-corrected chi connectivity index (χ3v) is 7.20. The Bertz CT molecular complexity index is 1210. The molecule has 0 fully saturated rings. The summed E-state index contributed by atoms with van der Waals surface area (Å²) in [7, 11) is 1.64. The Hall–Kier alpha value is -2.65. The minimum Gasteiger partial charge on any atom is -0.493 e. The molecule has 1 aromatic heterocycles. The molecule has 28 heavy (non-hydrogen) atoms. The lowest BCUT2D eigenvalue weighted by molar-refractivity contribution is 0.0998. The predicted molar refractivity (Wildman–Crippen MR) is 108 cm³/mol. The van der Waals surface area contributed by atoms with Crippen LogP contribution in [0.15, 0.2) is 46.3 Å². The number of hydrogen-bond donors (Lipinski definition) is 0. The smallest absolute Gasteiger partial charge is 0.279 e. The van der Waals surface area contributed by atoms with E-state index in [9.17, 15) is 13.2 Å². The maximum absolute atomic E-state index is 12.5. The molecule has 0 aliphatic heterocycles. The first-order chi connectivity index (χ1) is 13.3. The minimum atomic E-state index is -3.30. The third kappa shape index (κ3) is 3.67. The van der Waals surface area contributed by atoms with Crippen molar-refractivity contribution in [3.05, 3.63) is 46.8 Å². The molecule has 7 nitrogen and oxygen atoms in total. The van der Waals surface area contributed by atoms with Crippen LogP contribution >= 0.6 is 11.3 Å². The third-order valence-electron chi connectivity index (χ3n) is 4.35. The fourth-order valence-electron chi connectivity index (χ4n) is 2.68. The first-order valence-corrected chi connectivity index (χ1v) is 10.9. The van der Waals surface area contributed by atoms with Crippen molar-refractivity contribution in [2.24, 2.45) is 12.0 Å². The molecule has 148 valence electrons. The van der Waals surface area contributed by atoms with Gasteiger partial charge in [-0.05, 0) is 24.3 Å². The monoisotopic (exact) mass is 420 g/mol. The molecule has 0 atom stereocenters. The number of fused-ring (bicyclic) bond motifs is 1. The summed E-state index contributed by atoms with van der Waals surface area (Å²) in [5, 5.41) is 0. The first-order valence-electron chi connectivity index (χ1n) is 8.44. The van der Waals surface area contributed by atoms with E-state index in [2.05, 4.69) is 4.99 Å². The fourth-order valence-corrected chi connectivity index (χ4v) is 4.60. The molecule has 0 aliphatic carbocycles. The average Bonchev–Trinajstić information content (AvgIpc) is 3.01. The zero-order valence-corrected chi connectivity index (χ0v) is 17.6. The van der Waals surface area contributed by atoms with Crippen molar-refractivity contribution < 1.29 is 22.7 Å². The lowest BCUT2D eigenvalue weighted by Crippen LogP contribution is -2.13. The Morgan fingerprint density at radius 3 is 2.29 bits per heavy atom. The SMILES string of the molecule is CCS(=O)(=O)c1ccc(C(=O)N=c2sc3cc(OC)c(OC)cc3n2C)cc1. The fraction of sp³-hybridized carbons (Fsp3) is 0.263. The Balaban J connectivity index is 2.02. The van der Waals surface area contributed by atoms with Crippen molar-refractivity contribution in [3.8, 4) is 11.5 Å². The number of rotatable bonds is 5. The lowest BCUT2D eigenvalue weighted by Gasteiger charge is -2.07. The average molecular weight is 421 g/mol. The number of carbonyl (C=O) groups is 1. The highest BCUT2D eigenvalue weighted by molar-refractivity contribution is 7.91. The molecule has 0 saturated heterocycles. The van der Waals surface area contributed by atoms with Gasteiger partial charge in [-0.25, -0.2) is 8.42 Å². The number of thiazole rings is 1. The van der Waals surface area contributed by atoms with Crippen LogP contribution in [0.1, 0.15) is 17.3 Å². The van der Waals surface area contributed by atoms with Gasteiger partial charge in [0.15, 0.2) is 26.1 Å². The van der Waals surface area contributed by atoms with Crippen LogP contribution in [-0.2, 0) is 16.9 Å². The highest BCUT2D eigenvalue weighted by Gasteiger charge is 2.14. The van der Waals surface area contributed by atoms with E-state index >= 15 is 0 Å². The Labute approximate surface area is 166 Å². The standard InChI is InChI=1S/C19H20N2O5S2/c1-5-28(23,24)13-8-6-12(7-9-13)18(22)20-19-21(2)14-10-15(25-3)16(26-4)11-17(14)27-19/h6-11H,5H2,1-4H3. The quantitative estimate of drug-likeness (QED) is 0.633. The maximum Gasteiger partial charge on any atom is 0.279 e. The minimum absolute atomic E-state index is 0.00914. The van der Waals surface area contributed by atoms with E-state index in [4.69, 9.17) is 9.47 Å². The van der Waals surface area contributed by atoms with Crippen LogP contribution < -0.4 is 14.3 Å². The van der Waals surface area contributed by atoms with Gasteiger partial charge in [-0.1, -0.05) is 18.3 Å². The maximum atomic E-state index is 12.5. The van der Waals surface area contributed by atoms with Crippen LogP contribution in [0.3, 0.4) is 0 Å². The summed E-state index contributed by atoms with van der Waals surface area (Å²) >= 11 is 1.35. The number of carbonyl (C=O) groups excluding carboxylic acids is 1. The highest BCUT2D eigenvalue weighted by atomic mass is 32.2. The molecule has 0 unspecified atom stereocenters. The number of ether oxygens (including phenoxy) is 2. The van der Waals surface area contributed by atoms with Gasteiger partial charge in [0.2, 0.25) is 0 Å². The summed E-state index contributed by atoms with van der Waals surface area (Å²) in [5.41, 5.74) is 1.18. The van der Waals surface area contributed by atoms with E-state index in [1.807, 2.05) is 19.2 Å². The molecule has 0 N–H and O–H groups in total. The van der Waals surface area contributed by atoms with E-state index in [-0.39, 0.29) is 10.6 Å². The van der Waals surface area contributed by atoms with Crippen molar-refractivity contribution in [2.75, 3.05) is 20.0 Å². The van der Waals surface area contributed by atoms with Gasteiger partial charge in [-0.15, -0.1) is 0 Å². The van der Waals surface area contributed by atoms with E-state index in [1.165, 1.54) is 35.6 Å². The molecule has 1 heterocycles. The molecule has 9 heteroatoms.